The normalized spacial score (nSPS) is 26.0. The summed E-state index contributed by atoms with van der Waals surface area (Å²) in [6.45, 7) is 16.0. The fourth-order valence-corrected chi connectivity index (χ4v) is 3.70. The Bertz CT molecular complexity index is 296. The van der Waals surface area contributed by atoms with Crippen molar-refractivity contribution in [3.05, 3.63) is 25.3 Å². The first-order valence-corrected chi connectivity index (χ1v) is 8.29. The molecular formula is C18H34N2O. The molecule has 1 fully saturated rings. The molecule has 0 amide bonds. The van der Waals surface area contributed by atoms with Gasteiger partial charge in [-0.05, 0) is 24.2 Å². The van der Waals surface area contributed by atoms with E-state index in [4.69, 9.17) is 4.74 Å². The van der Waals surface area contributed by atoms with Crippen LogP contribution in [0, 0.1) is 11.3 Å². The minimum Gasteiger partial charge on any atom is -0.383 e. The molecule has 1 saturated carbocycles. The molecule has 2 unspecified atom stereocenters. The Kier molecular flexibility index (Phi) is 8.90. The van der Waals surface area contributed by atoms with Gasteiger partial charge in [0, 0.05) is 39.8 Å². The lowest BCUT2D eigenvalue weighted by atomic mass is 9.69. The maximum atomic E-state index is 5.14. The summed E-state index contributed by atoms with van der Waals surface area (Å²) >= 11 is 0. The van der Waals surface area contributed by atoms with Gasteiger partial charge in [-0.15, -0.1) is 13.2 Å². The monoisotopic (exact) mass is 294 g/mol. The summed E-state index contributed by atoms with van der Waals surface area (Å²) in [6, 6.07) is 0. The third kappa shape index (κ3) is 6.77. The SMILES string of the molecule is C=CCN(CC=C)CC1(CNCCOC)CCCC(C)C1. The molecule has 0 heterocycles. The predicted octanol–water partition coefficient (Wildman–Crippen LogP) is 3.09. The highest BCUT2D eigenvalue weighted by molar-refractivity contribution is 4.92. The van der Waals surface area contributed by atoms with Gasteiger partial charge in [0.15, 0.2) is 0 Å². The zero-order valence-electron chi connectivity index (χ0n) is 14.1. The van der Waals surface area contributed by atoms with E-state index in [-0.39, 0.29) is 0 Å². The predicted molar refractivity (Wildman–Crippen MR) is 91.6 cm³/mol. The molecule has 21 heavy (non-hydrogen) atoms. The second kappa shape index (κ2) is 10.1. The summed E-state index contributed by atoms with van der Waals surface area (Å²) in [4.78, 5) is 2.47. The Morgan fingerprint density at radius 1 is 1.33 bits per heavy atom. The lowest BCUT2D eigenvalue weighted by molar-refractivity contribution is 0.0877. The molecule has 0 aromatic rings. The summed E-state index contributed by atoms with van der Waals surface area (Å²) in [5.74, 6) is 0.831. The van der Waals surface area contributed by atoms with Crippen molar-refractivity contribution in [3.8, 4) is 0 Å². The van der Waals surface area contributed by atoms with E-state index in [2.05, 4.69) is 30.3 Å². The number of nitrogens with one attached hydrogen (secondary N) is 1. The Morgan fingerprint density at radius 2 is 2.05 bits per heavy atom. The van der Waals surface area contributed by atoms with Gasteiger partial charge in [-0.1, -0.05) is 31.9 Å². The summed E-state index contributed by atoms with van der Waals surface area (Å²) in [5.41, 5.74) is 0.386. The van der Waals surface area contributed by atoms with E-state index in [0.29, 0.717) is 5.41 Å². The molecule has 0 radical (unpaired) electrons. The molecular weight excluding hydrogens is 260 g/mol. The number of hydrogen-bond acceptors (Lipinski definition) is 3. The zero-order chi connectivity index (χ0) is 15.6. The van der Waals surface area contributed by atoms with Crippen LogP contribution in [0.1, 0.15) is 32.6 Å². The molecule has 0 spiro atoms. The van der Waals surface area contributed by atoms with Crippen LogP contribution in [0.4, 0.5) is 0 Å². The van der Waals surface area contributed by atoms with Crippen LogP contribution in [-0.2, 0) is 4.74 Å². The number of hydrogen-bond donors (Lipinski definition) is 1. The van der Waals surface area contributed by atoms with Gasteiger partial charge in [-0.3, -0.25) is 4.90 Å². The van der Waals surface area contributed by atoms with Gasteiger partial charge in [-0.2, -0.15) is 0 Å². The largest absolute Gasteiger partial charge is 0.383 e. The van der Waals surface area contributed by atoms with E-state index in [1.54, 1.807) is 7.11 Å². The van der Waals surface area contributed by atoms with Crippen LogP contribution in [-0.4, -0.2) is 51.3 Å². The van der Waals surface area contributed by atoms with Crippen molar-refractivity contribution in [1.82, 2.24) is 10.2 Å². The fourth-order valence-electron chi connectivity index (χ4n) is 3.70. The highest BCUT2D eigenvalue weighted by Gasteiger charge is 2.35. The minimum atomic E-state index is 0.386. The quantitative estimate of drug-likeness (QED) is 0.468. The van der Waals surface area contributed by atoms with E-state index in [1.807, 2.05) is 12.2 Å². The average molecular weight is 294 g/mol. The topological polar surface area (TPSA) is 24.5 Å². The molecule has 0 bridgehead atoms. The molecule has 0 aromatic heterocycles. The molecule has 0 aromatic carbocycles. The van der Waals surface area contributed by atoms with Gasteiger partial charge in [0.05, 0.1) is 6.61 Å². The number of ether oxygens (including phenoxy) is 1. The van der Waals surface area contributed by atoms with Crippen molar-refractivity contribution in [1.29, 1.82) is 0 Å². The molecule has 2 atom stereocenters. The average Bonchev–Trinajstić information content (AvgIpc) is 2.44. The van der Waals surface area contributed by atoms with Gasteiger partial charge >= 0.3 is 0 Å². The molecule has 1 aliphatic carbocycles. The molecule has 1 N–H and O–H groups in total. The van der Waals surface area contributed by atoms with Crippen LogP contribution < -0.4 is 5.32 Å². The smallest absolute Gasteiger partial charge is 0.0587 e. The molecule has 1 rings (SSSR count). The summed E-state index contributed by atoms with van der Waals surface area (Å²) < 4.78 is 5.14. The Labute approximate surface area is 131 Å². The lowest BCUT2D eigenvalue weighted by Gasteiger charge is -2.43. The Hall–Kier alpha value is -0.640. The van der Waals surface area contributed by atoms with E-state index >= 15 is 0 Å². The third-order valence-corrected chi connectivity index (χ3v) is 4.50. The van der Waals surface area contributed by atoms with E-state index < -0.39 is 0 Å². The molecule has 0 saturated heterocycles. The zero-order valence-corrected chi connectivity index (χ0v) is 14.1. The van der Waals surface area contributed by atoms with Crippen LogP contribution in [0.5, 0.6) is 0 Å². The summed E-state index contributed by atoms with van der Waals surface area (Å²) in [5, 5.41) is 3.60. The first-order chi connectivity index (χ1) is 10.2. The number of rotatable bonds is 11. The van der Waals surface area contributed by atoms with Gasteiger partial charge in [0.1, 0.15) is 0 Å². The first-order valence-electron chi connectivity index (χ1n) is 8.29. The van der Waals surface area contributed by atoms with E-state index in [9.17, 15) is 0 Å². The van der Waals surface area contributed by atoms with Gasteiger partial charge in [-0.25, -0.2) is 0 Å². The van der Waals surface area contributed by atoms with Gasteiger partial charge in [0.25, 0.3) is 0 Å². The Balaban J connectivity index is 2.64. The van der Waals surface area contributed by atoms with Crippen LogP contribution in [0.3, 0.4) is 0 Å². The third-order valence-electron chi connectivity index (χ3n) is 4.50. The van der Waals surface area contributed by atoms with E-state index in [1.165, 1.54) is 25.7 Å². The van der Waals surface area contributed by atoms with Gasteiger partial charge in [0.2, 0.25) is 0 Å². The van der Waals surface area contributed by atoms with Crippen LogP contribution in [0.25, 0.3) is 0 Å². The fraction of sp³-hybridized carbons (Fsp3) is 0.778. The Morgan fingerprint density at radius 3 is 2.62 bits per heavy atom. The molecule has 122 valence electrons. The second-order valence-electron chi connectivity index (χ2n) is 6.64. The van der Waals surface area contributed by atoms with E-state index in [0.717, 1.165) is 45.2 Å². The van der Waals surface area contributed by atoms with Crippen molar-refractivity contribution in [3.63, 3.8) is 0 Å². The molecule has 0 aliphatic heterocycles. The summed E-state index contributed by atoms with van der Waals surface area (Å²) in [7, 11) is 1.76. The lowest BCUT2D eigenvalue weighted by Crippen LogP contribution is -2.47. The van der Waals surface area contributed by atoms with Crippen molar-refractivity contribution in [2.75, 3.05) is 46.4 Å². The number of methoxy groups -OCH3 is 1. The maximum Gasteiger partial charge on any atom is 0.0587 e. The maximum absolute atomic E-state index is 5.14. The minimum absolute atomic E-state index is 0.386. The van der Waals surface area contributed by atoms with Crippen LogP contribution in [0.15, 0.2) is 25.3 Å². The standard InChI is InChI=1S/C18H34N2O/c1-5-11-20(12-6-2)16-18(15-19-10-13-21-4)9-7-8-17(3)14-18/h5-6,17,19H,1-2,7-16H2,3-4H3. The first kappa shape index (κ1) is 18.4. The van der Waals surface area contributed by atoms with Crippen molar-refractivity contribution in [2.45, 2.75) is 32.6 Å². The van der Waals surface area contributed by atoms with Crippen molar-refractivity contribution in [2.24, 2.45) is 11.3 Å². The number of nitrogens with zero attached hydrogens (tertiary/aromatic N) is 1. The summed E-state index contributed by atoms with van der Waals surface area (Å²) in [6.07, 6.45) is 9.37. The highest BCUT2D eigenvalue weighted by Crippen LogP contribution is 2.39. The van der Waals surface area contributed by atoms with Crippen LogP contribution >= 0.6 is 0 Å². The molecule has 3 nitrogen and oxygen atoms in total. The van der Waals surface area contributed by atoms with Crippen molar-refractivity contribution < 1.29 is 4.74 Å². The van der Waals surface area contributed by atoms with Crippen molar-refractivity contribution >= 4 is 0 Å². The molecule has 3 heteroatoms. The molecule has 1 aliphatic rings. The second-order valence-corrected chi connectivity index (χ2v) is 6.64. The highest BCUT2D eigenvalue weighted by atomic mass is 16.5. The van der Waals surface area contributed by atoms with Gasteiger partial charge < -0.3 is 10.1 Å². The van der Waals surface area contributed by atoms with Crippen LogP contribution in [0.2, 0.25) is 0 Å².